The van der Waals surface area contributed by atoms with E-state index in [2.05, 4.69) is 19.2 Å². The number of carboxylic acid groups (broad SMARTS) is 1. The third-order valence-corrected chi connectivity index (χ3v) is 8.88. The van der Waals surface area contributed by atoms with Crippen LogP contribution in [-0.2, 0) is 9.59 Å². The number of rotatable bonds is 4. The van der Waals surface area contributed by atoms with Crippen molar-refractivity contribution in [2.24, 2.45) is 26.8 Å². The fourth-order valence-corrected chi connectivity index (χ4v) is 6.55. The molecule has 0 aromatic carbocycles. The molecule has 0 aromatic heterocycles. The Labute approximate surface area is 233 Å². The number of hydrogen-bond donors (Lipinski definition) is 3. The Morgan fingerprint density at radius 3 is 2.48 bits per heavy atom. The number of Topliss-reactive ketones (excluding diaryl/α,β-unsaturated/α-hetero) is 1. The Hall–Kier alpha value is -4.33. The molecule has 2 atom stereocenters. The van der Waals surface area contributed by atoms with Gasteiger partial charge in [0.05, 0.1) is 40.5 Å². The van der Waals surface area contributed by atoms with Crippen LogP contribution in [0.2, 0.25) is 0 Å². The van der Waals surface area contributed by atoms with Crippen molar-refractivity contribution < 1.29 is 19.8 Å². The zero-order valence-corrected chi connectivity index (χ0v) is 23.3. The molecule has 1 saturated heterocycles. The summed E-state index contributed by atoms with van der Waals surface area (Å²) in [6, 6.07) is 0. The van der Waals surface area contributed by atoms with E-state index in [0.717, 1.165) is 74.7 Å². The fraction of sp³-hybridized carbons (Fsp3) is 0.344. The number of carboxylic acids is 1. The number of nitrogens with zero attached hydrogens (tertiary/aromatic N) is 3. The Balaban J connectivity index is 1.62. The molecule has 0 amide bonds. The molecule has 40 heavy (non-hydrogen) atoms. The van der Waals surface area contributed by atoms with Crippen LogP contribution in [0.4, 0.5) is 0 Å². The van der Waals surface area contributed by atoms with Gasteiger partial charge in [-0.15, -0.1) is 0 Å². The molecule has 0 unspecified atom stereocenters. The van der Waals surface area contributed by atoms with Crippen molar-refractivity contribution >= 4 is 28.9 Å². The van der Waals surface area contributed by atoms with Crippen LogP contribution in [0.1, 0.15) is 60.3 Å². The molecular formula is C32H32N4O4. The zero-order valence-electron chi connectivity index (χ0n) is 23.3. The molecule has 0 aromatic rings. The van der Waals surface area contributed by atoms with E-state index in [1.807, 2.05) is 39.0 Å². The molecule has 6 aliphatic rings. The second kappa shape index (κ2) is 9.40. The van der Waals surface area contributed by atoms with Crippen LogP contribution in [0.15, 0.2) is 107 Å². The summed E-state index contributed by atoms with van der Waals surface area (Å²) < 4.78 is 0. The maximum atomic E-state index is 13.3. The summed E-state index contributed by atoms with van der Waals surface area (Å²) in [6.07, 6.45) is 8.42. The van der Waals surface area contributed by atoms with Gasteiger partial charge >= 0.3 is 5.97 Å². The number of fused-ring (bicyclic) bond motifs is 5. The number of aliphatic imine (C=N–C) groups is 3. The molecule has 0 radical (unpaired) electrons. The lowest BCUT2D eigenvalue weighted by molar-refractivity contribution is -0.137. The second-order valence-corrected chi connectivity index (χ2v) is 11.1. The van der Waals surface area contributed by atoms with Gasteiger partial charge in [0.2, 0.25) is 0 Å². The Morgan fingerprint density at radius 1 is 1.05 bits per heavy atom. The van der Waals surface area contributed by atoms with E-state index in [1.165, 1.54) is 0 Å². The SMILES string of the molecule is CCC1=C(C)C2=CC3=NC(=C(C)C3=CO)C=C3NC(=C4CC(=O)C5=C(C)C(=CC1=N2)N=C45)[C@@H](CCC(=O)O)[C@@H]3C. The largest absolute Gasteiger partial charge is 0.515 e. The number of nitrogens with one attached hydrogen (secondary N) is 1. The van der Waals surface area contributed by atoms with Crippen molar-refractivity contribution in [2.75, 3.05) is 0 Å². The molecule has 5 aliphatic heterocycles. The van der Waals surface area contributed by atoms with E-state index >= 15 is 0 Å². The highest BCUT2D eigenvalue weighted by molar-refractivity contribution is 6.38. The highest BCUT2D eigenvalue weighted by Gasteiger charge is 2.43. The summed E-state index contributed by atoms with van der Waals surface area (Å²) in [6.45, 7) is 10.1. The minimum Gasteiger partial charge on any atom is -0.515 e. The molecule has 1 aliphatic carbocycles. The summed E-state index contributed by atoms with van der Waals surface area (Å²) >= 11 is 0. The molecule has 6 rings (SSSR count). The first-order valence-electron chi connectivity index (χ1n) is 13.8. The van der Waals surface area contributed by atoms with E-state index in [-0.39, 0.29) is 30.5 Å². The highest BCUT2D eigenvalue weighted by Crippen LogP contribution is 2.45. The van der Waals surface area contributed by atoms with Gasteiger partial charge in [-0.2, -0.15) is 0 Å². The molecular weight excluding hydrogens is 504 g/mol. The van der Waals surface area contributed by atoms with E-state index < -0.39 is 5.97 Å². The molecule has 5 heterocycles. The number of ketones is 1. The normalized spacial score (nSPS) is 26.4. The number of aliphatic hydroxyl groups is 1. The molecule has 8 heteroatoms. The predicted octanol–water partition coefficient (Wildman–Crippen LogP) is 5.72. The summed E-state index contributed by atoms with van der Waals surface area (Å²) in [4.78, 5) is 39.7. The van der Waals surface area contributed by atoms with Crippen molar-refractivity contribution in [1.82, 2.24) is 5.32 Å². The molecule has 204 valence electrons. The quantitative estimate of drug-likeness (QED) is 0.397. The smallest absolute Gasteiger partial charge is 0.303 e. The number of carbonyl (C=O) groups excluding carboxylic acids is 1. The number of allylic oxidation sites excluding steroid dienone is 12. The Kier molecular flexibility index (Phi) is 6.09. The summed E-state index contributed by atoms with van der Waals surface area (Å²) in [5, 5.41) is 23.2. The van der Waals surface area contributed by atoms with Gasteiger partial charge in [0.1, 0.15) is 0 Å². The van der Waals surface area contributed by atoms with E-state index in [1.54, 1.807) is 0 Å². The van der Waals surface area contributed by atoms with Gasteiger partial charge in [-0.05, 0) is 74.1 Å². The van der Waals surface area contributed by atoms with Crippen LogP contribution in [0.5, 0.6) is 0 Å². The lowest BCUT2D eigenvalue weighted by Crippen LogP contribution is -2.14. The van der Waals surface area contributed by atoms with Gasteiger partial charge in [0.15, 0.2) is 5.78 Å². The van der Waals surface area contributed by atoms with Gasteiger partial charge in [0.25, 0.3) is 0 Å². The van der Waals surface area contributed by atoms with Gasteiger partial charge < -0.3 is 15.5 Å². The third kappa shape index (κ3) is 3.85. The van der Waals surface area contributed by atoms with E-state index in [4.69, 9.17) is 15.0 Å². The van der Waals surface area contributed by atoms with E-state index in [9.17, 15) is 19.8 Å². The topological polar surface area (TPSA) is 124 Å². The van der Waals surface area contributed by atoms with Crippen LogP contribution in [0, 0.1) is 11.8 Å². The van der Waals surface area contributed by atoms with Gasteiger partial charge in [-0.1, -0.05) is 13.8 Å². The van der Waals surface area contributed by atoms with Crippen molar-refractivity contribution in [2.45, 2.75) is 60.3 Å². The average Bonchev–Trinajstić information content (AvgIpc) is 3.65. The highest BCUT2D eigenvalue weighted by atomic mass is 16.4. The van der Waals surface area contributed by atoms with Gasteiger partial charge in [0, 0.05) is 52.8 Å². The minimum absolute atomic E-state index is 0.0222. The third-order valence-electron chi connectivity index (χ3n) is 8.88. The standard InChI is InChI=1S/C32H32N4O4/c1-6-18-14(2)23-11-27-21(13-37)16(4)22(34-27)10-24-15(3)19(7-8-29(39)40)31(35-24)20-9-28(38)30-17(5)25(36-32(20)30)12-26(18)33-23/h10-13,15,19,35,37H,6-9H2,1-5H3,(H,39,40)/t15-,19-/m0/s1. The molecule has 8 bridgehead atoms. The summed E-state index contributed by atoms with van der Waals surface area (Å²) in [5.41, 5.74) is 12.1. The Morgan fingerprint density at radius 2 is 1.77 bits per heavy atom. The molecule has 1 saturated carbocycles. The second-order valence-electron chi connectivity index (χ2n) is 11.1. The zero-order chi connectivity index (χ0) is 28.5. The molecule has 3 N–H and O–H groups in total. The lowest BCUT2D eigenvalue weighted by Gasteiger charge is -2.16. The first-order valence-corrected chi connectivity index (χ1v) is 13.8. The predicted molar refractivity (Wildman–Crippen MR) is 155 cm³/mol. The van der Waals surface area contributed by atoms with Crippen molar-refractivity contribution in [3.05, 3.63) is 92.0 Å². The van der Waals surface area contributed by atoms with Crippen LogP contribution in [0.3, 0.4) is 0 Å². The Bertz CT molecular complexity index is 1660. The average molecular weight is 537 g/mol. The number of hydrogen-bond acceptors (Lipinski definition) is 7. The van der Waals surface area contributed by atoms with Crippen LogP contribution in [-0.4, -0.2) is 39.1 Å². The lowest BCUT2D eigenvalue weighted by atomic mass is 9.86. The van der Waals surface area contributed by atoms with Crippen molar-refractivity contribution in [1.29, 1.82) is 0 Å². The summed E-state index contributed by atoms with van der Waals surface area (Å²) in [5.74, 6) is -0.966. The van der Waals surface area contributed by atoms with E-state index in [0.29, 0.717) is 29.0 Å². The van der Waals surface area contributed by atoms with Crippen LogP contribution < -0.4 is 5.32 Å². The summed E-state index contributed by atoms with van der Waals surface area (Å²) in [7, 11) is 0. The maximum Gasteiger partial charge on any atom is 0.303 e. The molecule has 2 fully saturated rings. The van der Waals surface area contributed by atoms with Crippen molar-refractivity contribution in [3.8, 4) is 0 Å². The first kappa shape index (κ1) is 25.9. The molecule has 0 spiro atoms. The first-order chi connectivity index (χ1) is 19.1. The fourth-order valence-electron chi connectivity index (χ4n) is 6.55. The van der Waals surface area contributed by atoms with Crippen LogP contribution >= 0.6 is 0 Å². The van der Waals surface area contributed by atoms with Gasteiger partial charge in [-0.25, -0.2) is 15.0 Å². The van der Waals surface area contributed by atoms with Gasteiger partial charge in [-0.3, -0.25) is 9.59 Å². The minimum atomic E-state index is -0.852. The molecule has 8 nitrogen and oxygen atoms in total. The monoisotopic (exact) mass is 536 g/mol. The van der Waals surface area contributed by atoms with Crippen LogP contribution in [0.25, 0.3) is 0 Å². The maximum absolute atomic E-state index is 13.3. The number of aliphatic carboxylic acids is 1. The number of aliphatic hydroxyl groups excluding tert-OH is 1. The number of carbonyl (C=O) groups is 2. The van der Waals surface area contributed by atoms with Crippen molar-refractivity contribution in [3.63, 3.8) is 0 Å².